The first-order chi connectivity index (χ1) is 22.4. The molecular formula is C34H48N10O3. The fourth-order valence-electron chi connectivity index (χ4n) is 5.01. The number of carbonyl (C=O) groups is 3. The molecule has 0 unspecified atom stereocenters. The SMILES string of the molecule is CC(C)NC(=O)[C@H](CCCN=C(N)N)NC(=O)[C@H](Cc1ccc(-c2ccc3ccccc3c2)cc1)NC(=O)[C@@H](N)CCCN=C(N)N. The molecule has 0 heterocycles. The Morgan fingerprint density at radius 1 is 0.660 bits per heavy atom. The molecule has 0 saturated carbocycles. The minimum absolute atomic E-state index is 0.0410. The standard InChI is InChI=1S/C34H48N10O3/c1-21(2)42-31(46)28(10-6-18-41-34(38)39)43-32(47)29(44-30(45)27(35)9-5-17-40-33(36)37)19-22-11-13-24(14-12-22)26-16-15-23-7-3-4-8-25(23)20-26/h3-4,7-8,11-16,20-21,27-29H,5-6,9-10,17-19,35H2,1-2H3,(H,42,46)(H,43,47)(H,44,45)(H4,36,37,40)(H4,38,39,41)/t27-,28-,29-/m0/s1. The van der Waals surface area contributed by atoms with Crippen molar-refractivity contribution >= 4 is 40.4 Å². The van der Waals surface area contributed by atoms with Crippen LogP contribution in [0.1, 0.15) is 45.1 Å². The van der Waals surface area contributed by atoms with Crippen LogP contribution in [0.3, 0.4) is 0 Å². The average Bonchev–Trinajstić information content (AvgIpc) is 3.03. The highest BCUT2D eigenvalue weighted by Crippen LogP contribution is 2.25. The molecule has 0 aliphatic rings. The van der Waals surface area contributed by atoms with Crippen molar-refractivity contribution < 1.29 is 14.4 Å². The van der Waals surface area contributed by atoms with E-state index in [2.05, 4.69) is 56.3 Å². The minimum atomic E-state index is -1.01. The van der Waals surface area contributed by atoms with Crippen LogP contribution in [0.2, 0.25) is 0 Å². The summed E-state index contributed by atoms with van der Waals surface area (Å²) in [5, 5.41) is 10.8. The van der Waals surface area contributed by atoms with Crippen molar-refractivity contribution in [3.63, 3.8) is 0 Å². The van der Waals surface area contributed by atoms with Gasteiger partial charge in [-0.15, -0.1) is 0 Å². The smallest absolute Gasteiger partial charge is 0.243 e. The number of amides is 3. The molecule has 0 saturated heterocycles. The summed E-state index contributed by atoms with van der Waals surface area (Å²) in [7, 11) is 0. The molecule has 0 bridgehead atoms. The maximum absolute atomic E-state index is 13.7. The molecule has 0 radical (unpaired) electrons. The predicted molar refractivity (Wildman–Crippen MR) is 188 cm³/mol. The van der Waals surface area contributed by atoms with Gasteiger partial charge in [-0.2, -0.15) is 0 Å². The Hall–Kier alpha value is -5.17. The largest absolute Gasteiger partial charge is 0.370 e. The summed E-state index contributed by atoms with van der Waals surface area (Å²) in [6, 6.07) is 19.3. The number of nitrogens with one attached hydrogen (secondary N) is 3. The summed E-state index contributed by atoms with van der Waals surface area (Å²) < 4.78 is 0. The first-order valence-electron chi connectivity index (χ1n) is 15.8. The third-order valence-corrected chi connectivity index (χ3v) is 7.42. The molecule has 3 aromatic rings. The van der Waals surface area contributed by atoms with E-state index >= 15 is 0 Å². The van der Waals surface area contributed by atoms with E-state index < -0.39 is 29.9 Å². The number of nitrogens with zero attached hydrogens (tertiary/aromatic N) is 2. The van der Waals surface area contributed by atoms with Gasteiger partial charge in [0.1, 0.15) is 12.1 Å². The van der Waals surface area contributed by atoms with E-state index in [1.54, 1.807) is 0 Å². The Morgan fingerprint density at radius 2 is 1.21 bits per heavy atom. The normalized spacial score (nSPS) is 12.9. The topological polar surface area (TPSA) is 242 Å². The fourth-order valence-corrected chi connectivity index (χ4v) is 5.01. The number of aliphatic imine (C=N–C) groups is 2. The molecule has 47 heavy (non-hydrogen) atoms. The van der Waals surface area contributed by atoms with E-state index in [1.165, 1.54) is 0 Å². The van der Waals surface area contributed by atoms with Gasteiger partial charge in [-0.1, -0.05) is 60.7 Å². The third-order valence-electron chi connectivity index (χ3n) is 7.42. The molecule has 3 aromatic carbocycles. The molecule has 252 valence electrons. The van der Waals surface area contributed by atoms with Gasteiger partial charge in [0.25, 0.3) is 0 Å². The number of fused-ring (bicyclic) bond motifs is 1. The quantitative estimate of drug-likeness (QED) is 0.0597. The van der Waals surface area contributed by atoms with Crippen molar-refractivity contribution in [3.8, 4) is 11.1 Å². The number of carbonyl (C=O) groups excluding carboxylic acids is 3. The monoisotopic (exact) mass is 644 g/mol. The van der Waals surface area contributed by atoms with Gasteiger partial charge in [0.15, 0.2) is 11.9 Å². The van der Waals surface area contributed by atoms with E-state index in [0.29, 0.717) is 32.4 Å². The molecule has 0 aliphatic carbocycles. The van der Waals surface area contributed by atoms with Crippen molar-refractivity contribution in [1.82, 2.24) is 16.0 Å². The summed E-state index contributed by atoms with van der Waals surface area (Å²) >= 11 is 0. The molecule has 3 rings (SSSR count). The number of hydrogen-bond donors (Lipinski definition) is 8. The van der Waals surface area contributed by atoms with Crippen LogP contribution in [0.4, 0.5) is 0 Å². The van der Waals surface area contributed by atoms with E-state index in [9.17, 15) is 14.4 Å². The van der Waals surface area contributed by atoms with Gasteiger partial charge in [0.05, 0.1) is 6.04 Å². The summed E-state index contributed by atoms with van der Waals surface area (Å²) in [6.45, 7) is 4.27. The molecule has 3 amide bonds. The van der Waals surface area contributed by atoms with Gasteiger partial charge in [0, 0.05) is 25.6 Å². The van der Waals surface area contributed by atoms with Gasteiger partial charge >= 0.3 is 0 Å². The maximum atomic E-state index is 13.7. The summed E-state index contributed by atoms with van der Waals surface area (Å²) in [5.41, 5.74) is 30.6. The summed E-state index contributed by atoms with van der Waals surface area (Å²) in [4.78, 5) is 47.8. The number of benzene rings is 3. The van der Waals surface area contributed by atoms with Crippen LogP contribution in [0.25, 0.3) is 21.9 Å². The first-order valence-corrected chi connectivity index (χ1v) is 15.8. The molecule has 13 nitrogen and oxygen atoms in total. The molecule has 3 atom stereocenters. The zero-order valence-corrected chi connectivity index (χ0v) is 27.1. The highest BCUT2D eigenvalue weighted by molar-refractivity contribution is 5.93. The highest BCUT2D eigenvalue weighted by atomic mass is 16.2. The van der Waals surface area contributed by atoms with Crippen LogP contribution < -0.4 is 44.6 Å². The van der Waals surface area contributed by atoms with Crippen molar-refractivity contribution in [3.05, 3.63) is 72.3 Å². The average molecular weight is 645 g/mol. The first kappa shape index (κ1) is 36.3. The molecule has 0 aromatic heterocycles. The van der Waals surface area contributed by atoms with E-state index in [1.807, 2.05) is 50.2 Å². The van der Waals surface area contributed by atoms with Gasteiger partial charge in [0.2, 0.25) is 17.7 Å². The fraction of sp³-hybridized carbons (Fsp3) is 0.382. The second-order valence-corrected chi connectivity index (χ2v) is 11.8. The van der Waals surface area contributed by atoms with Crippen LogP contribution in [0.15, 0.2) is 76.7 Å². The lowest BCUT2D eigenvalue weighted by Gasteiger charge is -2.25. The number of guanidine groups is 2. The predicted octanol–water partition coefficient (Wildman–Crippen LogP) is 0.978. The Morgan fingerprint density at radius 3 is 1.83 bits per heavy atom. The Balaban J connectivity index is 1.80. The molecule has 13 N–H and O–H groups in total. The lowest BCUT2D eigenvalue weighted by atomic mass is 9.98. The third kappa shape index (κ3) is 12.3. The van der Waals surface area contributed by atoms with Crippen molar-refractivity contribution in [2.24, 2.45) is 38.7 Å². The minimum Gasteiger partial charge on any atom is -0.370 e. The second kappa shape index (κ2) is 18.1. The van der Waals surface area contributed by atoms with Crippen LogP contribution in [0.5, 0.6) is 0 Å². The van der Waals surface area contributed by atoms with Gasteiger partial charge < -0.3 is 44.6 Å². The van der Waals surface area contributed by atoms with Gasteiger partial charge in [-0.25, -0.2) is 0 Å². The Labute approximate surface area is 275 Å². The van der Waals surface area contributed by atoms with Crippen molar-refractivity contribution in [2.45, 2.75) is 70.1 Å². The van der Waals surface area contributed by atoms with Crippen LogP contribution in [-0.4, -0.2) is 66.9 Å². The van der Waals surface area contributed by atoms with E-state index in [0.717, 1.165) is 27.5 Å². The maximum Gasteiger partial charge on any atom is 0.243 e. The number of hydrogen-bond acceptors (Lipinski definition) is 6. The zero-order valence-electron chi connectivity index (χ0n) is 27.1. The Bertz CT molecular complexity index is 1550. The molecule has 0 fully saturated rings. The van der Waals surface area contributed by atoms with Crippen LogP contribution in [-0.2, 0) is 20.8 Å². The van der Waals surface area contributed by atoms with Crippen LogP contribution >= 0.6 is 0 Å². The summed E-state index contributed by atoms with van der Waals surface area (Å²) in [5.74, 6) is -1.46. The second-order valence-electron chi connectivity index (χ2n) is 11.8. The Kier molecular flexibility index (Phi) is 14.0. The summed E-state index contributed by atoms with van der Waals surface area (Å²) in [6.07, 6.45) is 1.69. The number of nitrogens with two attached hydrogens (primary N) is 5. The highest BCUT2D eigenvalue weighted by Gasteiger charge is 2.28. The van der Waals surface area contributed by atoms with E-state index in [4.69, 9.17) is 28.7 Å². The van der Waals surface area contributed by atoms with Crippen molar-refractivity contribution in [1.29, 1.82) is 0 Å². The molecule has 0 aliphatic heterocycles. The molecule has 0 spiro atoms. The lowest BCUT2D eigenvalue weighted by Crippen LogP contribution is -2.56. The van der Waals surface area contributed by atoms with E-state index in [-0.39, 0.29) is 36.7 Å². The number of rotatable bonds is 17. The molecule has 13 heteroatoms. The van der Waals surface area contributed by atoms with Gasteiger partial charge in [-0.3, -0.25) is 24.4 Å². The lowest BCUT2D eigenvalue weighted by molar-refractivity contribution is -0.132. The zero-order chi connectivity index (χ0) is 34.3. The van der Waals surface area contributed by atoms with Crippen molar-refractivity contribution in [2.75, 3.05) is 13.1 Å². The van der Waals surface area contributed by atoms with Gasteiger partial charge in [-0.05, 0) is 73.1 Å². The van der Waals surface area contributed by atoms with Crippen LogP contribution in [0, 0.1) is 0 Å². The molecular weight excluding hydrogens is 596 g/mol.